The smallest absolute Gasteiger partial charge is 0.119 e. The number of benzene rings is 1. The van der Waals surface area contributed by atoms with E-state index in [1.165, 1.54) is 38.5 Å². The quantitative estimate of drug-likeness (QED) is 0.616. The van der Waals surface area contributed by atoms with Crippen LogP contribution in [0.2, 0.25) is 0 Å². The molecule has 1 saturated carbocycles. The maximum atomic E-state index is 5.65. The summed E-state index contributed by atoms with van der Waals surface area (Å²) in [5, 5.41) is 0. The Kier molecular flexibility index (Phi) is 8.49. The second-order valence-electron chi connectivity index (χ2n) is 5.48. The van der Waals surface area contributed by atoms with Crippen molar-refractivity contribution in [2.75, 3.05) is 6.61 Å². The molecule has 0 aromatic heterocycles. The van der Waals surface area contributed by atoms with Gasteiger partial charge in [0.05, 0.1) is 6.61 Å². The SMILES string of the molecule is CC.CC.CCOc1ccc2c(c1)C1CCCCC1CC2. The first kappa shape index (κ1) is 18.1. The summed E-state index contributed by atoms with van der Waals surface area (Å²) in [6.45, 7) is 10.8. The Balaban J connectivity index is 0.000000510. The molecule has 0 N–H and O–H groups in total. The van der Waals surface area contributed by atoms with Crippen molar-refractivity contribution in [3.63, 3.8) is 0 Å². The number of rotatable bonds is 2. The van der Waals surface area contributed by atoms with Gasteiger partial charge in [-0.2, -0.15) is 0 Å². The second-order valence-corrected chi connectivity index (χ2v) is 5.48. The molecule has 2 aliphatic carbocycles. The van der Waals surface area contributed by atoms with Gasteiger partial charge < -0.3 is 4.74 Å². The lowest BCUT2D eigenvalue weighted by Gasteiger charge is -2.37. The molecular weight excluding hydrogens is 256 g/mol. The maximum Gasteiger partial charge on any atom is 0.119 e. The van der Waals surface area contributed by atoms with Crippen LogP contribution >= 0.6 is 0 Å². The van der Waals surface area contributed by atoms with Gasteiger partial charge in [-0.1, -0.05) is 46.6 Å². The lowest BCUT2D eigenvalue weighted by Crippen LogP contribution is -2.23. The van der Waals surface area contributed by atoms with Gasteiger partial charge in [-0.15, -0.1) is 0 Å². The van der Waals surface area contributed by atoms with E-state index in [-0.39, 0.29) is 0 Å². The van der Waals surface area contributed by atoms with Crippen LogP contribution in [0, 0.1) is 5.92 Å². The molecule has 3 rings (SSSR count). The fraction of sp³-hybridized carbons (Fsp3) is 0.700. The van der Waals surface area contributed by atoms with Crippen LogP contribution in [0.4, 0.5) is 0 Å². The Hall–Kier alpha value is -0.980. The largest absolute Gasteiger partial charge is 0.494 e. The topological polar surface area (TPSA) is 9.23 Å². The molecule has 0 aliphatic heterocycles. The normalized spacial score (nSPS) is 22.5. The molecule has 1 aromatic carbocycles. The Morgan fingerprint density at radius 1 is 1.00 bits per heavy atom. The Morgan fingerprint density at radius 3 is 2.43 bits per heavy atom. The van der Waals surface area contributed by atoms with Crippen LogP contribution in [0.25, 0.3) is 0 Å². The lowest BCUT2D eigenvalue weighted by atomic mass is 9.68. The highest BCUT2D eigenvalue weighted by Gasteiger charge is 2.31. The predicted octanol–water partition coefficient (Wildman–Crippen LogP) is 6.36. The molecule has 0 radical (unpaired) electrons. The van der Waals surface area contributed by atoms with Crippen molar-refractivity contribution in [2.24, 2.45) is 5.92 Å². The average Bonchev–Trinajstić information content (AvgIpc) is 2.59. The number of aryl methyl sites for hydroxylation is 1. The summed E-state index contributed by atoms with van der Waals surface area (Å²) < 4.78 is 5.65. The third-order valence-electron chi connectivity index (χ3n) is 4.52. The van der Waals surface area contributed by atoms with Gasteiger partial charge in [0.25, 0.3) is 0 Å². The number of hydrogen-bond donors (Lipinski definition) is 0. The third-order valence-corrected chi connectivity index (χ3v) is 4.52. The first-order chi connectivity index (χ1) is 10.4. The van der Waals surface area contributed by atoms with Crippen LogP contribution in [0.5, 0.6) is 5.75 Å². The highest BCUT2D eigenvalue weighted by atomic mass is 16.5. The summed E-state index contributed by atoms with van der Waals surface area (Å²) in [5.74, 6) is 2.85. The van der Waals surface area contributed by atoms with E-state index in [1.807, 2.05) is 27.7 Å². The molecule has 0 bridgehead atoms. The fourth-order valence-corrected chi connectivity index (χ4v) is 3.71. The van der Waals surface area contributed by atoms with Gasteiger partial charge in [-0.05, 0) is 67.7 Å². The minimum Gasteiger partial charge on any atom is -0.494 e. The summed E-state index contributed by atoms with van der Waals surface area (Å²) >= 11 is 0. The fourth-order valence-electron chi connectivity index (χ4n) is 3.71. The zero-order valence-corrected chi connectivity index (χ0v) is 14.7. The van der Waals surface area contributed by atoms with Crippen molar-refractivity contribution in [3.8, 4) is 5.75 Å². The molecule has 2 aliphatic rings. The van der Waals surface area contributed by atoms with Crippen molar-refractivity contribution in [2.45, 2.75) is 79.1 Å². The summed E-state index contributed by atoms with van der Waals surface area (Å²) in [4.78, 5) is 0. The number of fused-ring (bicyclic) bond motifs is 3. The molecule has 1 fully saturated rings. The summed E-state index contributed by atoms with van der Waals surface area (Å²) in [5.41, 5.74) is 3.18. The van der Waals surface area contributed by atoms with E-state index in [0.29, 0.717) is 0 Å². The number of hydrogen-bond acceptors (Lipinski definition) is 1. The van der Waals surface area contributed by atoms with Gasteiger partial charge in [-0.3, -0.25) is 0 Å². The van der Waals surface area contributed by atoms with Crippen molar-refractivity contribution in [1.29, 1.82) is 0 Å². The van der Waals surface area contributed by atoms with Crippen LogP contribution in [0.3, 0.4) is 0 Å². The van der Waals surface area contributed by atoms with Crippen LogP contribution in [0.1, 0.15) is 83.8 Å². The van der Waals surface area contributed by atoms with Crippen LogP contribution < -0.4 is 4.74 Å². The van der Waals surface area contributed by atoms with Crippen LogP contribution in [0.15, 0.2) is 18.2 Å². The lowest BCUT2D eigenvalue weighted by molar-refractivity contribution is 0.273. The van der Waals surface area contributed by atoms with Crippen molar-refractivity contribution in [3.05, 3.63) is 29.3 Å². The van der Waals surface area contributed by atoms with Crippen molar-refractivity contribution < 1.29 is 4.74 Å². The van der Waals surface area contributed by atoms with E-state index in [2.05, 4.69) is 25.1 Å². The molecule has 1 aromatic rings. The zero-order valence-electron chi connectivity index (χ0n) is 14.7. The minimum atomic E-state index is 0.771. The van der Waals surface area contributed by atoms with Crippen LogP contribution in [-0.2, 0) is 6.42 Å². The Labute approximate surface area is 132 Å². The molecule has 2 atom stereocenters. The van der Waals surface area contributed by atoms with Crippen molar-refractivity contribution in [1.82, 2.24) is 0 Å². The van der Waals surface area contributed by atoms with Gasteiger partial charge in [0.15, 0.2) is 0 Å². The standard InChI is InChI=1S/C16H22O.2C2H6/c1-2-17-14-10-9-13-8-7-12-5-3-4-6-15(12)16(13)11-14;2*1-2/h9-12,15H,2-8H2,1H3;2*1-2H3. The molecule has 21 heavy (non-hydrogen) atoms. The predicted molar refractivity (Wildman–Crippen MR) is 93.3 cm³/mol. The minimum absolute atomic E-state index is 0.771. The summed E-state index contributed by atoms with van der Waals surface area (Å²) in [6, 6.07) is 6.76. The first-order valence-corrected chi connectivity index (χ1v) is 9.14. The van der Waals surface area contributed by atoms with Gasteiger partial charge in [0, 0.05) is 0 Å². The monoisotopic (exact) mass is 290 g/mol. The number of ether oxygens (including phenoxy) is 1. The molecule has 0 saturated heterocycles. The summed E-state index contributed by atoms with van der Waals surface area (Å²) in [7, 11) is 0. The highest BCUT2D eigenvalue weighted by Crippen LogP contribution is 2.45. The van der Waals surface area contributed by atoms with E-state index >= 15 is 0 Å². The molecule has 1 nitrogen and oxygen atoms in total. The van der Waals surface area contributed by atoms with E-state index in [4.69, 9.17) is 4.74 Å². The van der Waals surface area contributed by atoms with E-state index in [9.17, 15) is 0 Å². The van der Waals surface area contributed by atoms with E-state index in [0.717, 1.165) is 24.2 Å². The molecule has 1 heteroatoms. The highest BCUT2D eigenvalue weighted by molar-refractivity contribution is 5.40. The molecule has 0 amide bonds. The molecule has 2 unspecified atom stereocenters. The van der Waals surface area contributed by atoms with E-state index < -0.39 is 0 Å². The molecular formula is C20H34O. The second kappa shape index (κ2) is 9.87. The van der Waals surface area contributed by atoms with Gasteiger partial charge in [0.2, 0.25) is 0 Å². The summed E-state index contributed by atoms with van der Waals surface area (Å²) in [6.07, 6.45) is 8.39. The third kappa shape index (κ3) is 4.49. The van der Waals surface area contributed by atoms with E-state index in [1.54, 1.807) is 11.1 Å². The Bertz CT molecular complexity index is 397. The maximum absolute atomic E-state index is 5.65. The zero-order chi connectivity index (χ0) is 15.7. The van der Waals surface area contributed by atoms with Crippen LogP contribution in [-0.4, -0.2) is 6.61 Å². The molecule has 0 heterocycles. The van der Waals surface area contributed by atoms with Gasteiger partial charge >= 0.3 is 0 Å². The molecule has 120 valence electrons. The Morgan fingerprint density at radius 2 is 1.71 bits per heavy atom. The van der Waals surface area contributed by atoms with Gasteiger partial charge in [0.1, 0.15) is 5.75 Å². The van der Waals surface area contributed by atoms with Gasteiger partial charge in [-0.25, -0.2) is 0 Å². The molecule has 0 spiro atoms. The first-order valence-electron chi connectivity index (χ1n) is 9.14. The average molecular weight is 290 g/mol. The van der Waals surface area contributed by atoms with Crippen molar-refractivity contribution >= 4 is 0 Å².